The number of rotatable bonds is 6. The van der Waals surface area contributed by atoms with E-state index in [1.807, 2.05) is 0 Å². The van der Waals surface area contributed by atoms with Gasteiger partial charge in [-0.3, -0.25) is 4.79 Å². The van der Waals surface area contributed by atoms with Gasteiger partial charge in [-0.25, -0.2) is 9.78 Å². The third-order valence-electron chi connectivity index (χ3n) is 2.81. The number of carbonyl (C=O) groups is 2. The number of carbonyl (C=O) groups excluding carboxylic acids is 1. The second kappa shape index (κ2) is 6.87. The summed E-state index contributed by atoms with van der Waals surface area (Å²) < 4.78 is 0. The van der Waals surface area contributed by atoms with E-state index >= 15 is 0 Å². The second-order valence-electron chi connectivity index (χ2n) is 4.98. The first kappa shape index (κ1) is 15.1. The van der Waals surface area contributed by atoms with Crippen LogP contribution in [0.4, 0.5) is 0 Å². The highest BCUT2D eigenvalue weighted by atomic mass is 16.4. The van der Waals surface area contributed by atoms with Crippen LogP contribution in [-0.4, -0.2) is 40.5 Å². The number of hydrogen-bond acceptors (Lipinski definition) is 3. The van der Waals surface area contributed by atoms with Crippen molar-refractivity contribution >= 4 is 11.9 Å². The molecule has 5 nitrogen and oxygen atoms in total. The van der Waals surface area contributed by atoms with Gasteiger partial charge in [0.25, 0.3) is 5.91 Å². The van der Waals surface area contributed by atoms with Crippen LogP contribution in [-0.2, 0) is 0 Å². The first-order valence-electron chi connectivity index (χ1n) is 6.37. The van der Waals surface area contributed by atoms with Crippen LogP contribution in [0.1, 0.15) is 47.7 Å². The molecule has 0 aliphatic heterocycles. The molecule has 0 atom stereocenters. The predicted octanol–water partition coefficient (Wildman–Crippen LogP) is 2.29. The monoisotopic (exact) mass is 264 g/mol. The average molecular weight is 264 g/mol. The zero-order valence-corrected chi connectivity index (χ0v) is 11.6. The van der Waals surface area contributed by atoms with Gasteiger partial charge in [-0.2, -0.15) is 0 Å². The molecule has 19 heavy (non-hydrogen) atoms. The third-order valence-corrected chi connectivity index (χ3v) is 2.81. The zero-order chi connectivity index (χ0) is 14.4. The topological polar surface area (TPSA) is 70.5 Å². The normalized spacial score (nSPS) is 10.5. The average Bonchev–Trinajstić information content (AvgIpc) is 2.37. The molecular weight excluding hydrogens is 244 g/mol. The Morgan fingerprint density at radius 2 is 1.95 bits per heavy atom. The van der Waals surface area contributed by atoms with Crippen LogP contribution in [0.25, 0.3) is 0 Å². The van der Waals surface area contributed by atoms with Crippen molar-refractivity contribution in [2.45, 2.75) is 26.7 Å². The third kappa shape index (κ3) is 4.69. The molecule has 5 heteroatoms. The molecule has 0 aliphatic rings. The Morgan fingerprint density at radius 1 is 1.32 bits per heavy atom. The summed E-state index contributed by atoms with van der Waals surface area (Å²) in [5, 5.41) is 8.84. The molecule has 104 valence electrons. The summed E-state index contributed by atoms with van der Waals surface area (Å²) in [6.45, 7) is 4.93. The molecule has 0 unspecified atom stereocenters. The summed E-state index contributed by atoms with van der Waals surface area (Å²) in [6, 6.07) is 4.44. The van der Waals surface area contributed by atoms with Gasteiger partial charge < -0.3 is 10.0 Å². The lowest BCUT2D eigenvalue weighted by Crippen LogP contribution is -2.29. The highest BCUT2D eigenvalue weighted by Crippen LogP contribution is 2.07. The Hall–Kier alpha value is -1.91. The summed E-state index contributed by atoms with van der Waals surface area (Å²) in [5.74, 6) is -0.763. The van der Waals surface area contributed by atoms with Crippen molar-refractivity contribution in [2.24, 2.45) is 5.92 Å². The Labute approximate surface area is 113 Å². The van der Waals surface area contributed by atoms with Crippen molar-refractivity contribution in [1.82, 2.24) is 9.88 Å². The first-order valence-corrected chi connectivity index (χ1v) is 6.37. The van der Waals surface area contributed by atoms with Crippen LogP contribution in [0, 0.1) is 5.92 Å². The number of hydrogen-bond donors (Lipinski definition) is 1. The van der Waals surface area contributed by atoms with E-state index in [1.54, 1.807) is 11.9 Å². The molecule has 0 radical (unpaired) electrons. The molecule has 0 fully saturated rings. The van der Waals surface area contributed by atoms with Gasteiger partial charge in [0.2, 0.25) is 0 Å². The van der Waals surface area contributed by atoms with Crippen molar-refractivity contribution in [1.29, 1.82) is 0 Å². The summed E-state index contributed by atoms with van der Waals surface area (Å²) in [5.41, 5.74) is 0.0633. The molecule has 0 bridgehead atoms. The second-order valence-corrected chi connectivity index (χ2v) is 4.98. The van der Waals surface area contributed by atoms with Crippen molar-refractivity contribution in [2.75, 3.05) is 13.6 Å². The van der Waals surface area contributed by atoms with Crippen LogP contribution in [0.2, 0.25) is 0 Å². The van der Waals surface area contributed by atoms with Crippen molar-refractivity contribution in [3.05, 3.63) is 29.6 Å². The standard InChI is InChI=1S/C14H20N2O3/c1-10(2)6-5-9-16(3)13(17)11-7-4-8-12(15-11)14(18)19/h4,7-8,10H,5-6,9H2,1-3H3,(H,18,19). The van der Waals surface area contributed by atoms with Gasteiger partial charge in [-0.05, 0) is 30.9 Å². The van der Waals surface area contributed by atoms with Gasteiger partial charge in [-0.15, -0.1) is 0 Å². The van der Waals surface area contributed by atoms with E-state index < -0.39 is 5.97 Å². The minimum absolute atomic E-state index is 0.110. The molecule has 1 aromatic heterocycles. The first-order chi connectivity index (χ1) is 8.91. The summed E-state index contributed by atoms with van der Waals surface area (Å²) in [7, 11) is 1.71. The Balaban J connectivity index is 2.66. The van der Waals surface area contributed by atoms with Crippen molar-refractivity contribution < 1.29 is 14.7 Å². The lowest BCUT2D eigenvalue weighted by Gasteiger charge is -2.17. The fourth-order valence-electron chi connectivity index (χ4n) is 1.71. The molecule has 0 spiro atoms. The van der Waals surface area contributed by atoms with Gasteiger partial charge in [0.15, 0.2) is 0 Å². The minimum atomic E-state index is -1.13. The maximum absolute atomic E-state index is 12.1. The molecule has 1 heterocycles. The van der Waals surface area contributed by atoms with Gasteiger partial charge in [-0.1, -0.05) is 19.9 Å². The van der Waals surface area contributed by atoms with Crippen LogP contribution in [0.5, 0.6) is 0 Å². The predicted molar refractivity (Wildman–Crippen MR) is 72.2 cm³/mol. The van der Waals surface area contributed by atoms with E-state index in [1.165, 1.54) is 18.2 Å². The van der Waals surface area contributed by atoms with Gasteiger partial charge in [0.1, 0.15) is 11.4 Å². The Kier molecular flexibility index (Phi) is 5.48. The molecule has 0 saturated heterocycles. The summed E-state index contributed by atoms with van der Waals surface area (Å²) in [4.78, 5) is 28.3. The molecule has 1 rings (SSSR count). The minimum Gasteiger partial charge on any atom is -0.477 e. The largest absolute Gasteiger partial charge is 0.477 e. The zero-order valence-electron chi connectivity index (χ0n) is 11.6. The Bertz CT molecular complexity index is 458. The fraction of sp³-hybridized carbons (Fsp3) is 0.500. The number of carboxylic acid groups (broad SMARTS) is 1. The maximum Gasteiger partial charge on any atom is 0.354 e. The number of aromatic carboxylic acids is 1. The molecule has 1 amide bonds. The fourth-order valence-corrected chi connectivity index (χ4v) is 1.71. The number of carboxylic acids is 1. The highest BCUT2D eigenvalue weighted by molar-refractivity contribution is 5.94. The van der Waals surface area contributed by atoms with Crippen LogP contribution >= 0.6 is 0 Å². The molecule has 1 N–H and O–H groups in total. The van der Waals surface area contributed by atoms with Gasteiger partial charge in [0, 0.05) is 13.6 Å². The molecular formula is C14H20N2O3. The number of amides is 1. The lowest BCUT2D eigenvalue weighted by molar-refractivity contribution is 0.0690. The quantitative estimate of drug-likeness (QED) is 0.855. The highest BCUT2D eigenvalue weighted by Gasteiger charge is 2.15. The SMILES string of the molecule is CC(C)CCCN(C)C(=O)c1cccc(C(=O)O)n1. The van der Waals surface area contributed by atoms with Crippen LogP contribution in [0.3, 0.4) is 0 Å². The van der Waals surface area contributed by atoms with Crippen molar-refractivity contribution in [3.8, 4) is 0 Å². The van der Waals surface area contributed by atoms with Crippen LogP contribution in [0.15, 0.2) is 18.2 Å². The van der Waals surface area contributed by atoms with Crippen molar-refractivity contribution in [3.63, 3.8) is 0 Å². The lowest BCUT2D eigenvalue weighted by atomic mass is 10.1. The molecule has 0 aliphatic carbocycles. The van der Waals surface area contributed by atoms with E-state index in [-0.39, 0.29) is 17.3 Å². The van der Waals surface area contributed by atoms with E-state index in [0.29, 0.717) is 12.5 Å². The number of nitrogens with zero attached hydrogens (tertiary/aromatic N) is 2. The molecule has 0 aromatic carbocycles. The van der Waals surface area contributed by atoms with E-state index in [2.05, 4.69) is 18.8 Å². The van der Waals surface area contributed by atoms with E-state index in [9.17, 15) is 9.59 Å². The number of aromatic nitrogens is 1. The van der Waals surface area contributed by atoms with E-state index in [4.69, 9.17) is 5.11 Å². The summed E-state index contributed by atoms with van der Waals surface area (Å²) >= 11 is 0. The van der Waals surface area contributed by atoms with Gasteiger partial charge >= 0.3 is 5.97 Å². The Morgan fingerprint density at radius 3 is 2.53 bits per heavy atom. The maximum atomic E-state index is 12.1. The van der Waals surface area contributed by atoms with Gasteiger partial charge in [0.05, 0.1) is 0 Å². The smallest absolute Gasteiger partial charge is 0.354 e. The van der Waals surface area contributed by atoms with Crippen LogP contribution < -0.4 is 0 Å². The van der Waals surface area contributed by atoms with E-state index in [0.717, 1.165) is 12.8 Å². The molecule has 0 saturated carbocycles. The summed E-state index contributed by atoms with van der Waals surface area (Å²) in [6.07, 6.45) is 1.98. The number of pyridine rings is 1. The molecule has 1 aromatic rings.